The lowest BCUT2D eigenvalue weighted by Gasteiger charge is -2.57. The fourth-order valence-corrected chi connectivity index (χ4v) is 6.78. The normalized spacial score (nSPS) is 24.1. The molecular weight excluding hydrogens is 455 g/mol. The first-order valence-electron chi connectivity index (χ1n) is 11.6. The summed E-state index contributed by atoms with van der Waals surface area (Å²) in [5.74, 6) is -0.248. The number of hydrogen-bond acceptors (Lipinski definition) is 5. The molecule has 2 aromatic carbocycles. The summed E-state index contributed by atoms with van der Waals surface area (Å²) < 4.78 is 43.1. The number of aliphatic hydroxyl groups is 1. The Hall–Kier alpha value is -2.59. The monoisotopic (exact) mass is 484 g/mol. The van der Waals surface area contributed by atoms with Gasteiger partial charge in [0.25, 0.3) is 10.0 Å². The van der Waals surface area contributed by atoms with Gasteiger partial charge in [0.15, 0.2) is 5.03 Å². The zero-order valence-electron chi connectivity index (χ0n) is 19.1. The van der Waals surface area contributed by atoms with Crippen molar-refractivity contribution >= 4 is 10.0 Å². The van der Waals surface area contributed by atoms with Crippen LogP contribution in [0.15, 0.2) is 66.1 Å². The van der Waals surface area contributed by atoms with Crippen LogP contribution in [0.1, 0.15) is 24.3 Å². The van der Waals surface area contributed by atoms with Gasteiger partial charge >= 0.3 is 0 Å². The lowest BCUT2D eigenvalue weighted by atomic mass is 9.74. The first kappa shape index (κ1) is 23.2. The number of aliphatic hydroxyl groups excluding tert-OH is 1. The topological polar surface area (TPSA) is 78.7 Å². The highest BCUT2D eigenvalue weighted by Crippen LogP contribution is 2.42. The third-order valence-electron chi connectivity index (χ3n) is 7.09. The average Bonchev–Trinajstić information content (AvgIpc) is 3.26. The molecule has 5 rings (SSSR count). The average molecular weight is 485 g/mol. The van der Waals surface area contributed by atoms with Crippen LogP contribution >= 0.6 is 0 Å². The third kappa shape index (κ3) is 4.17. The van der Waals surface area contributed by atoms with Crippen LogP contribution in [0.3, 0.4) is 0 Å². The van der Waals surface area contributed by atoms with E-state index in [1.54, 1.807) is 28.1 Å². The maximum Gasteiger partial charge on any atom is 0.262 e. The van der Waals surface area contributed by atoms with E-state index in [-0.39, 0.29) is 35.5 Å². The molecule has 0 radical (unpaired) electrons. The van der Waals surface area contributed by atoms with Crippen molar-refractivity contribution in [3.63, 3.8) is 0 Å². The zero-order chi connectivity index (χ0) is 23.9. The second-order valence-electron chi connectivity index (χ2n) is 9.16. The Balaban J connectivity index is 1.41. The molecule has 3 aromatic rings. The maximum atomic E-state index is 13.3. The fraction of sp³-hybridized carbons (Fsp3) is 0.400. The minimum atomic E-state index is -3.70. The van der Waals surface area contributed by atoms with Gasteiger partial charge in [0.1, 0.15) is 5.82 Å². The fourth-order valence-electron chi connectivity index (χ4n) is 5.32. The number of hydrogen-bond donors (Lipinski definition) is 1. The number of halogens is 1. The second kappa shape index (κ2) is 9.22. The van der Waals surface area contributed by atoms with Gasteiger partial charge in [0.2, 0.25) is 0 Å². The molecule has 0 amide bonds. The molecule has 180 valence electrons. The van der Waals surface area contributed by atoms with Gasteiger partial charge in [-0.1, -0.05) is 36.4 Å². The standard InChI is InChI=1S/C25H29FN4O3S/c1-28-15-24(27-17-28)34(32,33)29-12-2-3-13-30-22(14-29)25(23(30)16-31)20-6-4-18(5-7-20)19-8-10-21(26)11-9-19/h4-11,15,17,22-23,25,31H,2-3,12-14,16H2,1H3/t22-,23+,25+/m1/s1. The molecule has 0 saturated carbocycles. The van der Waals surface area contributed by atoms with E-state index in [1.807, 2.05) is 24.3 Å². The van der Waals surface area contributed by atoms with E-state index in [0.29, 0.717) is 13.1 Å². The van der Waals surface area contributed by atoms with Gasteiger partial charge in [-0.05, 0) is 48.2 Å². The molecular formula is C25H29FN4O3S. The van der Waals surface area contributed by atoms with E-state index in [1.165, 1.54) is 24.7 Å². The zero-order valence-corrected chi connectivity index (χ0v) is 19.9. The van der Waals surface area contributed by atoms with Crippen LogP contribution in [0.4, 0.5) is 4.39 Å². The lowest BCUT2D eigenvalue weighted by molar-refractivity contribution is -0.0554. The van der Waals surface area contributed by atoms with Gasteiger partial charge < -0.3 is 9.67 Å². The van der Waals surface area contributed by atoms with E-state index >= 15 is 0 Å². The maximum absolute atomic E-state index is 13.3. The Morgan fingerprint density at radius 2 is 1.68 bits per heavy atom. The summed E-state index contributed by atoms with van der Waals surface area (Å²) in [5.41, 5.74) is 2.99. The lowest BCUT2D eigenvalue weighted by Crippen LogP contribution is -2.67. The molecule has 0 aliphatic carbocycles. The molecule has 7 nitrogen and oxygen atoms in total. The van der Waals surface area contributed by atoms with E-state index < -0.39 is 10.0 Å². The van der Waals surface area contributed by atoms with Crippen LogP contribution in [-0.4, -0.2) is 70.6 Å². The quantitative estimate of drug-likeness (QED) is 0.603. The molecule has 2 aliphatic rings. The van der Waals surface area contributed by atoms with Gasteiger partial charge in [-0.15, -0.1) is 0 Å². The molecule has 0 unspecified atom stereocenters. The smallest absolute Gasteiger partial charge is 0.262 e. The number of imidazole rings is 1. The number of aryl methyl sites for hydroxylation is 1. The Kier molecular flexibility index (Phi) is 6.28. The van der Waals surface area contributed by atoms with Crippen LogP contribution in [0.25, 0.3) is 11.1 Å². The minimum absolute atomic E-state index is 0.0202. The largest absolute Gasteiger partial charge is 0.395 e. The molecule has 9 heteroatoms. The molecule has 0 spiro atoms. The van der Waals surface area contributed by atoms with Crippen LogP contribution in [0, 0.1) is 5.82 Å². The summed E-state index contributed by atoms with van der Waals surface area (Å²) in [6.45, 7) is 1.69. The van der Waals surface area contributed by atoms with Crippen molar-refractivity contribution in [1.29, 1.82) is 0 Å². The molecule has 34 heavy (non-hydrogen) atoms. The van der Waals surface area contributed by atoms with Gasteiger partial charge in [0.05, 0.1) is 12.9 Å². The first-order valence-corrected chi connectivity index (χ1v) is 13.0. The summed E-state index contributed by atoms with van der Waals surface area (Å²) in [7, 11) is -1.94. The van der Waals surface area contributed by atoms with E-state index in [4.69, 9.17) is 0 Å². The van der Waals surface area contributed by atoms with Crippen LogP contribution < -0.4 is 0 Å². The van der Waals surface area contributed by atoms with Crippen molar-refractivity contribution in [2.75, 3.05) is 26.2 Å². The van der Waals surface area contributed by atoms with Gasteiger partial charge in [-0.2, -0.15) is 4.31 Å². The highest BCUT2D eigenvalue weighted by atomic mass is 32.2. The molecule has 2 aliphatic heterocycles. The molecule has 2 fully saturated rings. The van der Waals surface area contributed by atoms with E-state index in [2.05, 4.69) is 9.88 Å². The van der Waals surface area contributed by atoms with Crippen LogP contribution in [0.2, 0.25) is 0 Å². The van der Waals surface area contributed by atoms with Crippen molar-refractivity contribution in [1.82, 2.24) is 18.8 Å². The number of fused-ring (bicyclic) bond motifs is 1. The highest BCUT2D eigenvalue weighted by Gasteiger charge is 2.50. The molecule has 0 bridgehead atoms. The SMILES string of the molecule is Cn1cnc(S(=O)(=O)N2CCCCN3[C@H](C2)[C@H](c2ccc(-c4ccc(F)cc4)cc2)[C@@H]3CO)c1. The van der Waals surface area contributed by atoms with Crippen molar-refractivity contribution in [2.24, 2.45) is 7.05 Å². The number of aromatic nitrogens is 2. The van der Waals surface area contributed by atoms with Crippen molar-refractivity contribution in [3.05, 3.63) is 72.4 Å². The summed E-state index contributed by atoms with van der Waals surface area (Å²) >= 11 is 0. The Morgan fingerprint density at radius 3 is 2.29 bits per heavy atom. The molecule has 3 heterocycles. The van der Waals surface area contributed by atoms with E-state index in [9.17, 15) is 17.9 Å². The first-order chi connectivity index (χ1) is 16.4. The highest BCUT2D eigenvalue weighted by molar-refractivity contribution is 7.89. The minimum Gasteiger partial charge on any atom is -0.395 e. The molecule has 1 N–H and O–H groups in total. The molecule has 1 aromatic heterocycles. The number of nitrogens with zero attached hydrogens (tertiary/aromatic N) is 4. The molecule has 2 saturated heterocycles. The second-order valence-corrected chi connectivity index (χ2v) is 11.0. The van der Waals surface area contributed by atoms with Crippen molar-refractivity contribution < 1.29 is 17.9 Å². The number of sulfonamides is 1. The Morgan fingerprint density at radius 1 is 1.03 bits per heavy atom. The van der Waals surface area contributed by atoms with Gasteiger partial charge in [0, 0.05) is 44.3 Å². The van der Waals surface area contributed by atoms with Crippen molar-refractivity contribution in [3.8, 4) is 11.1 Å². The summed E-state index contributed by atoms with van der Waals surface area (Å²) in [5, 5.41) is 10.2. The van der Waals surface area contributed by atoms with Crippen LogP contribution in [-0.2, 0) is 17.1 Å². The Labute approximate surface area is 199 Å². The summed E-state index contributed by atoms with van der Waals surface area (Å²) in [6, 6.07) is 14.4. The number of benzene rings is 2. The van der Waals surface area contributed by atoms with Gasteiger partial charge in [-0.25, -0.2) is 17.8 Å². The third-order valence-corrected chi connectivity index (χ3v) is 8.84. The Bertz CT molecular complexity index is 1240. The predicted octanol–water partition coefficient (Wildman–Crippen LogP) is 2.84. The van der Waals surface area contributed by atoms with Gasteiger partial charge in [-0.3, -0.25) is 4.90 Å². The molecule has 3 atom stereocenters. The number of rotatable bonds is 5. The van der Waals surface area contributed by atoms with Crippen LogP contribution in [0.5, 0.6) is 0 Å². The predicted molar refractivity (Wildman–Crippen MR) is 127 cm³/mol. The summed E-state index contributed by atoms with van der Waals surface area (Å²) in [6.07, 6.45) is 4.68. The summed E-state index contributed by atoms with van der Waals surface area (Å²) in [4.78, 5) is 6.34. The van der Waals surface area contributed by atoms with E-state index in [0.717, 1.165) is 36.1 Å². The van der Waals surface area contributed by atoms with Crippen molar-refractivity contribution in [2.45, 2.75) is 35.9 Å².